The molecule has 122 valence electrons. The minimum atomic E-state index is -0.885. The van der Waals surface area contributed by atoms with Gasteiger partial charge in [-0.1, -0.05) is 13.0 Å². The fourth-order valence-corrected chi connectivity index (χ4v) is 3.43. The van der Waals surface area contributed by atoms with Gasteiger partial charge in [-0.15, -0.1) is 0 Å². The molecule has 0 saturated carbocycles. The number of hydrogen-bond donors (Lipinski definition) is 1. The predicted molar refractivity (Wildman–Crippen MR) is 87.5 cm³/mol. The third kappa shape index (κ3) is 2.81. The molecule has 2 aromatic rings. The van der Waals surface area contributed by atoms with Crippen LogP contribution in [0.2, 0.25) is 0 Å². The van der Waals surface area contributed by atoms with Crippen molar-refractivity contribution in [3.05, 3.63) is 30.0 Å². The van der Waals surface area contributed by atoms with Gasteiger partial charge < -0.3 is 10.6 Å². The van der Waals surface area contributed by atoms with E-state index in [2.05, 4.69) is 25.0 Å². The minimum absolute atomic E-state index is 0.0967. The van der Waals surface area contributed by atoms with E-state index in [1.54, 1.807) is 4.90 Å². The number of primary amides is 1. The van der Waals surface area contributed by atoms with Gasteiger partial charge in [0, 0.05) is 18.5 Å². The Hall–Kier alpha value is -2.37. The van der Waals surface area contributed by atoms with Crippen molar-refractivity contribution in [1.82, 2.24) is 14.7 Å². The summed E-state index contributed by atoms with van der Waals surface area (Å²) in [5.41, 5.74) is 7.33. The van der Waals surface area contributed by atoms with E-state index in [1.807, 2.05) is 23.0 Å². The van der Waals surface area contributed by atoms with Gasteiger partial charge in [0.15, 0.2) is 0 Å². The normalized spacial score (nSPS) is 21.6. The number of nitrogens with zero attached hydrogens (tertiary/aromatic N) is 3. The zero-order chi connectivity index (χ0) is 16.6. The predicted octanol–water partition coefficient (Wildman–Crippen LogP) is 1.84. The summed E-state index contributed by atoms with van der Waals surface area (Å²) in [6.07, 6.45) is 3.71. The SMILES string of the molecule is CCn1ncc2cc(C3CCC(C)CN3C(=O)C(N)=O)ccc21. The minimum Gasteiger partial charge on any atom is -0.361 e. The number of nitrogens with two attached hydrogens (primary N) is 1. The van der Waals surface area contributed by atoms with Crippen LogP contribution in [0, 0.1) is 5.92 Å². The average Bonchev–Trinajstić information content (AvgIpc) is 2.96. The standard InChI is InChI=1S/C17H22N4O2/c1-3-21-15-7-5-12(8-13(15)9-19-21)14-6-4-11(2)10-20(14)17(23)16(18)22/h5,7-9,11,14H,3-4,6,10H2,1-2H3,(H2,18,22). The molecule has 2 N–H and O–H groups in total. The Kier molecular flexibility index (Phi) is 4.07. The highest BCUT2D eigenvalue weighted by atomic mass is 16.2. The third-order valence-corrected chi connectivity index (χ3v) is 4.64. The van der Waals surface area contributed by atoms with Gasteiger partial charge in [-0.2, -0.15) is 5.10 Å². The van der Waals surface area contributed by atoms with Crippen molar-refractivity contribution in [2.24, 2.45) is 11.7 Å². The molecule has 2 unspecified atom stereocenters. The number of carbonyl (C=O) groups is 2. The molecule has 2 heterocycles. The van der Waals surface area contributed by atoms with Crippen LogP contribution >= 0.6 is 0 Å². The quantitative estimate of drug-likeness (QED) is 0.859. The summed E-state index contributed by atoms with van der Waals surface area (Å²) in [6.45, 7) is 5.52. The maximum absolute atomic E-state index is 12.2. The van der Waals surface area contributed by atoms with Crippen molar-refractivity contribution in [3.8, 4) is 0 Å². The number of hydrogen-bond acceptors (Lipinski definition) is 3. The van der Waals surface area contributed by atoms with Crippen LogP contribution in [-0.4, -0.2) is 33.0 Å². The smallest absolute Gasteiger partial charge is 0.312 e. The molecule has 1 saturated heterocycles. The summed E-state index contributed by atoms with van der Waals surface area (Å²) in [6, 6.07) is 6.03. The molecular weight excluding hydrogens is 292 g/mol. The Bertz CT molecular complexity index is 752. The molecule has 6 heteroatoms. The molecule has 0 spiro atoms. The van der Waals surface area contributed by atoms with Gasteiger partial charge in [-0.05, 0) is 43.4 Å². The lowest BCUT2D eigenvalue weighted by molar-refractivity contribution is -0.147. The van der Waals surface area contributed by atoms with Crippen LogP contribution in [0.3, 0.4) is 0 Å². The van der Waals surface area contributed by atoms with Gasteiger partial charge in [0.1, 0.15) is 0 Å². The fraction of sp³-hybridized carbons (Fsp3) is 0.471. The molecule has 2 atom stereocenters. The third-order valence-electron chi connectivity index (χ3n) is 4.64. The number of likely N-dealkylation sites (tertiary alicyclic amines) is 1. The van der Waals surface area contributed by atoms with Gasteiger partial charge in [0.2, 0.25) is 0 Å². The van der Waals surface area contributed by atoms with E-state index in [0.29, 0.717) is 12.5 Å². The molecule has 3 rings (SSSR count). The molecule has 2 amide bonds. The van der Waals surface area contributed by atoms with Gasteiger partial charge in [0.05, 0.1) is 17.8 Å². The number of fused-ring (bicyclic) bond motifs is 1. The maximum atomic E-state index is 12.2. The van der Waals surface area contributed by atoms with Crippen molar-refractivity contribution < 1.29 is 9.59 Å². The number of piperidine rings is 1. The van der Waals surface area contributed by atoms with Gasteiger partial charge in [-0.3, -0.25) is 14.3 Å². The molecule has 0 bridgehead atoms. The maximum Gasteiger partial charge on any atom is 0.312 e. The first-order valence-corrected chi connectivity index (χ1v) is 8.07. The number of benzene rings is 1. The second-order valence-corrected chi connectivity index (χ2v) is 6.30. The molecule has 1 aliphatic rings. The van der Waals surface area contributed by atoms with E-state index < -0.39 is 11.8 Å². The van der Waals surface area contributed by atoms with Crippen molar-refractivity contribution in [2.45, 2.75) is 39.3 Å². The van der Waals surface area contributed by atoms with E-state index in [0.717, 1.165) is 35.9 Å². The summed E-state index contributed by atoms with van der Waals surface area (Å²) in [5.74, 6) is -1.10. The van der Waals surface area contributed by atoms with Crippen LogP contribution in [0.1, 0.15) is 38.3 Å². The number of aryl methyl sites for hydroxylation is 1. The lowest BCUT2D eigenvalue weighted by Gasteiger charge is -2.38. The zero-order valence-electron chi connectivity index (χ0n) is 13.5. The van der Waals surface area contributed by atoms with Crippen LogP contribution in [0.4, 0.5) is 0 Å². The van der Waals surface area contributed by atoms with Gasteiger partial charge >= 0.3 is 11.8 Å². The molecule has 1 aromatic carbocycles. The number of carbonyl (C=O) groups excluding carboxylic acids is 2. The van der Waals surface area contributed by atoms with Crippen LogP contribution in [0.25, 0.3) is 10.9 Å². The second-order valence-electron chi connectivity index (χ2n) is 6.30. The Morgan fingerprint density at radius 2 is 2.13 bits per heavy atom. The lowest BCUT2D eigenvalue weighted by atomic mass is 9.89. The Morgan fingerprint density at radius 3 is 2.83 bits per heavy atom. The van der Waals surface area contributed by atoms with E-state index >= 15 is 0 Å². The van der Waals surface area contributed by atoms with E-state index in [9.17, 15) is 9.59 Å². The molecule has 1 aromatic heterocycles. The Balaban J connectivity index is 1.97. The van der Waals surface area contributed by atoms with Crippen LogP contribution in [-0.2, 0) is 16.1 Å². The van der Waals surface area contributed by atoms with Crippen molar-refractivity contribution in [1.29, 1.82) is 0 Å². The number of aromatic nitrogens is 2. The lowest BCUT2D eigenvalue weighted by Crippen LogP contribution is -2.46. The fourth-order valence-electron chi connectivity index (χ4n) is 3.43. The summed E-state index contributed by atoms with van der Waals surface area (Å²) in [5, 5.41) is 5.41. The summed E-state index contributed by atoms with van der Waals surface area (Å²) in [7, 11) is 0. The van der Waals surface area contributed by atoms with Crippen molar-refractivity contribution in [3.63, 3.8) is 0 Å². The highest BCUT2D eigenvalue weighted by Crippen LogP contribution is 2.34. The summed E-state index contributed by atoms with van der Waals surface area (Å²) in [4.78, 5) is 25.2. The molecule has 1 aliphatic heterocycles. The van der Waals surface area contributed by atoms with Crippen LogP contribution in [0.5, 0.6) is 0 Å². The topological polar surface area (TPSA) is 81.2 Å². The summed E-state index contributed by atoms with van der Waals surface area (Å²) >= 11 is 0. The second kappa shape index (κ2) is 6.02. The van der Waals surface area contributed by atoms with Crippen LogP contribution in [0.15, 0.2) is 24.4 Å². The van der Waals surface area contributed by atoms with Crippen molar-refractivity contribution in [2.75, 3.05) is 6.54 Å². The molecule has 1 fully saturated rings. The first-order valence-electron chi connectivity index (χ1n) is 8.07. The van der Waals surface area contributed by atoms with E-state index in [-0.39, 0.29) is 6.04 Å². The first kappa shape index (κ1) is 15.5. The molecular formula is C17H22N4O2. The van der Waals surface area contributed by atoms with Gasteiger partial charge in [-0.25, -0.2) is 0 Å². The molecule has 0 aliphatic carbocycles. The number of amides is 2. The highest BCUT2D eigenvalue weighted by molar-refractivity contribution is 6.34. The Labute approximate surface area is 135 Å². The summed E-state index contributed by atoms with van der Waals surface area (Å²) < 4.78 is 1.94. The monoisotopic (exact) mass is 314 g/mol. The molecule has 6 nitrogen and oxygen atoms in total. The number of rotatable bonds is 2. The zero-order valence-corrected chi connectivity index (χ0v) is 13.5. The van der Waals surface area contributed by atoms with E-state index in [1.165, 1.54) is 0 Å². The first-order chi connectivity index (χ1) is 11.0. The molecule has 23 heavy (non-hydrogen) atoms. The Morgan fingerprint density at radius 1 is 1.35 bits per heavy atom. The highest BCUT2D eigenvalue weighted by Gasteiger charge is 2.33. The molecule has 0 radical (unpaired) electrons. The van der Waals surface area contributed by atoms with E-state index in [4.69, 9.17) is 5.73 Å². The largest absolute Gasteiger partial charge is 0.361 e. The average molecular weight is 314 g/mol. The van der Waals surface area contributed by atoms with Gasteiger partial charge in [0.25, 0.3) is 0 Å². The van der Waals surface area contributed by atoms with Crippen molar-refractivity contribution >= 4 is 22.7 Å². The van der Waals surface area contributed by atoms with Crippen LogP contribution < -0.4 is 5.73 Å².